The van der Waals surface area contributed by atoms with Crippen molar-refractivity contribution in [3.05, 3.63) is 36.1 Å². The Kier molecular flexibility index (Phi) is 2.00. The molecule has 2 aromatic rings. The first kappa shape index (κ1) is 8.81. The van der Waals surface area contributed by atoms with Crippen LogP contribution in [0.5, 0.6) is 0 Å². The Hall–Kier alpha value is -1.77. The lowest BCUT2D eigenvalue weighted by Gasteiger charge is -1.99. The third kappa shape index (κ3) is 1.37. The fraction of sp³-hybridized carbons (Fsp3) is 0.182. The van der Waals surface area contributed by atoms with E-state index < -0.39 is 11.9 Å². The first-order chi connectivity index (χ1) is 6.68. The summed E-state index contributed by atoms with van der Waals surface area (Å²) in [6, 6.07) is 9.26. The molecule has 3 nitrogen and oxygen atoms in total. The van der Waals surface area contributed by atoms with Crippen molar-refractivity contribution in [2.45, 2.75) is 12.8 Å². The van der Waals surface area contributed by atoms with Gasteiger partial charge in [0, 0.05) is 5.39 Å². The molecular formula is C11H10O3. The number of para-hydroxylation sites is 1. The summed E-state index contributed by atoms with van der Waals surface area (Å²) in [5, 5.41) is 9.74. The second-order valence-corrected chi connectivity index (χ2v) is 3.25. The smallest absolute Gasteiger partial charge is 0.313 e. The highest BCUT2D eigenvalue weighted by molar-refractivity contribution is 5.81. The van der Waals surface area contributed by atoms with Crippen LogP contribution in [0.25, 0.3) is 11.0 Å². The molecule has 0 amide bonds. The maximum atomic E-state index is 10.7. The summed E-state index contributed by atoms with van der Waals surface area (Å²) in [5.41, 5.74) is 0.732. The Balaban J connectivity index is 2.50. The highest BCUT2D eigenvalue weighted by Crippen LogP contribution is 2.24. The maximum Gasteiger partial charge on any atom is 0.313 e. The highest BCUT2D eigenvalue weighted by atomic mass is 16.4. The molecule has 0 radical (unpaired) electrons. The zero-order valence-electron chi connectivity index (χ0n) is 7.73. The van der Waals surface area contributed by atoms with Crippen molar-refractivity contribution in [1.29, 1.82) is 0 Å². The number of carboxylic acid groups (broad SMARTS) is 1. The van der Waals surface area contributed by atoms with Gasteiger partial charge in [-0.15, -0.1) is 0 Å². The number of rotatable bonds is 2. The number of carboxylic acids is 1. The first-order valence-electron chi connectivity index (χ1n) is 4.40. The first-order valence-corrected chi connectivity index (χ1v) is 4.40. The molecule has 3 heteroatoms. The van der Waals surface area contributed by atoms with Gasteiger partial charge < -0.3 is 9.52 Å². The van der Waals surface area contributed by atoms with Gasteiger partial charge in [-0.2, -0.15) is 0 Å². The number of hydrogen-bond donors (Lipinski definition) is 1. The summed E-state index contributed by atoms with van der Waals surface area (Å²) in [5.74, 6) is -0.967. The molecule has 1 aromatic heterocycles. The molecule has 1 atom stereocenters. The average molecular weight is 190 g/mol. The minimum atomic E-state index is -0.871. The molecular weight excluding hydrogens is 180 g/mol. The summed E-state index contributed by atoms with van der Waals surface area (Å²) in [6.07, 6.45) is 0. The molecule has 1 aromatic carbocycles. The molecule has 0 unspecified atom stereocenters. The van der Waals surface area contributed by atoms with Crippen molar-refractivity contribution in [1.82, 2.24) is 0 Å². The van der Waals surface area contributed by atoms with E-state index in [9.17, 15) is 4.79 Å². The van der Waals surface area contributed by atoms with Gasteiger partial charge in [-0.1, -0.05) is 18.2 Å². The third-order valence-electron chi connectivity index (χ3n) is 2.24. The molecule has 0 spiro atoms. The van der Waals surface area contributed by atoms with Crippen LogP contribution < -0.4 is 0 Å². The third-order valence-corrected chi connectivity index (χ3v) is 2.24. The van der Waals surface area contributed by atoms with Crippen LogP contribution in [0.1, 0.15) is 18.6 Å². The van der Waals surface area contributed by atoms with E-state index in [0.717, 1.165) is 11.0 Å². The molecule has 14 heavy (non-hydrogen) atoms. The van der Waals surface area contributed by atoms with Gasteiger partial charge >= 0.3 is 5.97 Å². The second-order valence-electron chi connectivity index (χ2n) is 3.25. The molecule has 1 heterocycles. The van der Waals surface area contributed by atoms with Crippen LogP contribution in [-0.4, -0.2) is 11.1 Å². The Bertz CT molecular complexity index is 437. The number of hydrogen-bond acceptors (Lipinski definition) is 2. The van der Waals surface area contributed by atoms with Crippen LogP contribution in [0.3, 0.4) is 0 Å². The lowest BCUT2D eigenvalue weighted by Crippen LogP contribution is -2.05. The van der Waals surface area contributed by atoms with Crippen LogP contribution in [0, 0.1) is 0 Å². The summed E-state index contributed by atoms with van der Waals surface area (Å²) in [4.78, 5) is 10.7. The van der Waals surface area contributed by atoms with E-state index in [0.29, 0.717) is 5.76 Å². The summed E-state index contributed by atoms with van der Waals surface area (Å²) in [6.45, 7) is 1.61. The second kappa shape index (κ2) is 3.18. The number of furan rings is 1. The van der Waals surface area contributed by atoms with E-state index in [1.54, 1.807) is 13.0 Å². The Morgan fingerprint density at radius 3 is 2.79 bits per heavy atom. The van der Waals surface area contributed by atoms with Crippen LogP contribution >= 0.6 is 0 Å². The van der Waals surface area contributed by atoms with Crippen LogP contribution in [-0.2, 0) is 4.79 Å². The number of carbonyl (C=O) groups is 1. The van der Waals surface area contributed by atoms with Gasteiger partial charge in [0.15, 0.2) is 0 Å². The van der Waals surface area contributed by atoms with Crippen molar-refractivity contribution in [2.75, 3.05) is 0 Å². The van der Waals surface area contributed by atoms with Gasteiger partial charge in [0.2, 0.25) is 0 Å². The van der Waals surface area contributed by atoms with E-state index in [2.05, 4.69) is 0 Å². The largest absolute Gasteiger partial charge is 0.481 e. The fourth-order valence-electron chi connectivity index (χ4n) is 1.34. The quantitative estimate of drug-likeness (QED) is 0.791. The minimum absolute atomic E-state index is 0.499. The maximum absolute atomic E-state index is 10.7. The normalized spacial score (nSPS) is 12.9. The number of benzene rings is 1. The SMILES string of the molecule is C[C@H](C(=O)O)c1cc2ccccc2o1. The Morgan fingerprint density at radius 2 is 2.14 bits per heavy atom. The molecule has 72 valence electrons. The predicted octanol–water partition coefficient (Wildman–Crippen LogP) is 2.62. The van der Waals surface area contributed by atoms with Crippen molar-refractivity contribution in [2.24, 2.45) is 0 Å². The number of fused-ring (bicyclic) bond motifs is 1. The molecule has 0 saturated heterocycles. The van der Waals surface area contributed by atoms with E-state index in [1.807, 2.05) is 24.3 Å². The van der Waals surface area contributed by atoms with Gasteiger partial charge in [0.1, 0.15) is 17.3 Å². The van der Waals surface area contributed by atoms with E-state index in [-0.39, 0.29) is 0 Å². The molecule has 0 aliphatic rings. The van der Waals surface area contributed by atoms with Crippen LogP contribution in [0.4, 0.5) is 0 Å². The van der Waals surface area contributed by atoms with Gasteiger partial charge in [0.25, 0.3) is 0 Å². The molecule has 0 aliphatic carbocycles. The van der Waals surface area contributed by atoms with Crippen molar-refractivity contribution in [3.63, 3.8) is 0 Å². The topological polar surface area (TPSA) is 50.4 Å². The van der Waals surface area contributed by atoms with Gasteiger partial charge in [-0.3, -0.25) is 4.79 Å². The summed E-state index contributed by atoms with van der Waals surface area (Å²) < 4.78 is 5.41. The minimum Gasteiger partial charge on any atom is -0.481 e. The monoisotopic (exact) mass is 190 g/mol. The lowest BCUT2D eigenvalue weighted by atomic mass is 10.1. The predicted molar refractivity (Wildman–Crippen MR) is 52.3 cm³/mol. The van der Waals surface area contributed by atoms with Crippen LogP contribution in [0.2, 0.25) is 0 Å². The van der Waals surface area contributed by atoms with Crippen molar-refractivity contribution in [3.8, 4) is 0 Å². The van der Waals surface area contributed by atoms with Crippen molar-refractivity contribution >= 4 is 16.9 Å². The summed E-state index contributed by atoms with van der Waals surface area (Å²) >= 11 is 0. The zero-order chi connectivity index (χ0) is 10.1. The van der Waals surface area contributed by atoms with Gasteiger partial charge in [-0.05, 0) is 19.1 Å². The lowest BCUT2D eigenvalue weighted by molar-refractivity contribution is -0.138. The number of aliphatic carboxylic acids is 1. The average Bonchev–Trinajstić information content (AvgIpc) is 2.59. The zero-order valence-corrected chi connectivity index (χ0v) is 7.73. The fourth-order valence-corrected chi connectivity index (χ4v) is 1.34. The van der Waals surface area contributed by atoms with Gasteiger partial charge in [-0.25, -0.2) is 0 Å². The van der Waals surface area contributed by atoms with E-state index in [4.69, 9.17) is 9.52 Å². The summed E-state index contributed by atoms with van der Waals surface area (Å²) in [7, 11) is 0. The molecule has 0 bridgehead atoms. The molecule has 0 fully saturated rings. The van der Waals surface area contributed by atoms with E-state index in [1.165, 1.54) is 0 Å². The highest BCUT2D eigenvalue weighted by Gasteiger charge is 2.17. The van der Waals surface area contributed by atoms with Gasteiger partial charge in [0.05, 0.1) is 0 Å². The molecule has 2 rings (SSSR count). The Morgan fingerprint density at radius 1 is 1.43 bits per heavy atom. The van der Waals surface area contributed by atoms with E-state index >= 15 is 0 Å². The molecule has 0 saturated carbocycles. The molecule has 1 N–H and O–H groups in total. The standard InChI is InChI=1S/C11H10O3/c1-7(11(12)13)10-6-8-4-2-3-5-9(8)14-10/h2-7H,1H3,(H,12,13)/t7-/m0/s1. The molecule has 0 aliphatic heterocycles. The Labute approximate surface area is 81.0 Å². The van der Waals surface area contributed by atoms with Crippen molar-refractivity contribution < 1.29 is 14.3 Å². The van der Waals surface area contributed by atoms with Crippen LogP contribution in [0.15, 0.2) is 34.7 Å².